The molecule has 2 aromatic carbocycles. The lowest BCUT2D eigenvalue weighted by molar-refractivity contribution is -0.115. The highest BCUT2D eigenvalue weighted by molar-refractivity contribution is 7.99. The van der Waals surface area contributed by atoms with E-state index in [0.717, 1.165) is 26.5 Å². The molecule has 0 saturated heterocycles. The van der Waals surface area contributed by atoms with E-state index < -0.39 is 0 Å². The summed E-state index contributed by atoms with van der Waals surface area (Å²) in [6.45, 7) is 4.17. The number of ether oxygens (including phenoxy) is 1. The molecule has 148 valence electrons. The molecule has 0 aliphatic carbocycles. The van der Waals surface area contributed by atoms with E-state index in [1.165, 1.54) is 27.8 Å². The molecule has 1 N–H and O–H groups in total. The number of hydrogen-bond acceptors (Lipinski definition) is 6. The van der Waals surface area contributed by atoms with Crippen molar-refractivity contribution in [3.63, 3.8) is 0 Å². The third-order valence-electron chi connectivity index (χ3n) is 4.65. The summed E-state index contributed by atoms with van der Waals surface area (Å²) in [6.07, 6.45) is 0.399. The molecule has 0 fully saturated rings. The average Bonchev–Trinajstić information content (AvgIpc) is 3.10. The predicted octanol–water partition coefficient (Wildman–Crippen LogP) is 5.59. The molecule has 0 unspecified atom stereocenters. The Morgan fingerprint density at radius 3 is 2.83 bits per heavy atom. The van der Waals surface area contributed by atoms with Crippen LogP contribution in [-0.4, -0.2) is 28.7 Å². The first kappa shape index (κ1) is 19.7. The minimum atomic E-state index is -0.0442. The van der Waals surface area contributed by atoms with Crippen LogP contribution in [0.4, 0.5) is 5.13 Å². The number of nitrogens with zero attached hydrogens (tertiary/aromatic N) is 2. The van der Waals surface area contributed by atoms with Crippen LogP contribution in [0.1, 0.15) is 17.5 Å². The number of hydrogen-bond donors (Lipinski definition) is 1. The number of nitrogens with one attached hydrogen (secondary N) is 1. The third-order valence-corrected chi connectivity index (χ3v) is 6.49. The predicted molar refractivity (Wildman–Crippen MR) is 121 cm³/mol. The summed E-state index contributed by atoms with van der Waals surface area (Å²) in [5.41, 5.74) is 4.25. The fourth-order valence-corrected chi connectivity index (χ4v) is 4.94. The second-order valence-corrected chi connectivity index (χ2v) is 8.89. The zero-order valence-corrected chi connectivity index (χ0v) is 18.1. The van der Waals surface area contributed by atoms with Crippen LogP contribution in [0.3, 0.4) is 0 Å². The molecular formula is C22H21N3O2S2. The summed E-state index contributed by atoms with van der Waals surface area (Å²) in [5.74, 6) is 1.40. The summed E-state index contributed by atoms with van der Waals surface area (Å²) in [6, 6.07) is 14.0. The van der Waals surface area contributed by atoms with Crippen LogP contribution in [0.5, 0.6) is 5.75 Å². The molecule has 0 atom stereocenters. The van der Waals surface area contributed by atoms with Crippen molar-refractivity contribution in [1.29, 1.82) is 0 Å². The highest BCUT2D eigenvalue weighted by Crippen LogP contribution is 2.30. The Bertz CT molecular complexity index is 1200. The molecule has 29 heavy (non-hydrogen) atoms. The van der Waals surface area contributed by atoms with Crippen molar-refractivity contribution in [2.24, 2.45) is 0 Å². The van der Waals surface area contributed by atoms with Gasteiger partial charge in [0.25, 0.3) is 0 Å². The average molecular weight is 424 g/mol. The van der Waals surface area contributed by atoms with Crippen LogP contribution < -0.4 is 10.1 Å². The first-order valence-electron chi connectivity index (χ1n) is 9.27. The molecule has 4 aromatic rings. The Hall–Kier alpha value is -2.64. The standard InChI is InChI=1S/C22H21N3O2S2/c1-13-5-4-6-16-14(2)11-20(25-21(13)16)28-10-9-19(26)24-22-23-17-8-7-15(27-3)12-18(17)29-22/h4-8,11-12H,9-10H2,1-3H3,(H,23,24,26). The maximum atomic E-state index is 12.3. The summed E-state index contributed by atoms with van der Waals surface area (Å²) >= 11 is 3.05. The van der Waals surface area contributed by atoms with E-state index >= 15 is 0 Å². The summed E-state index contributed by atoms with van der Waals surface area (Å²) < 4.78 is 6.22. The van der Waals surface area contributed by atoms with Crippen molar-refractivity contribution in [2.75, 3.05) is 18.2 Å². The van der Waals surface area contributed by atoms with Crippen LogP contribution in [0.2, 0.25) is 0 Å². The van der Waals surface area contributed by atoms with Crippen molar-refractivity contribution < 1.29 is 9.53 Å². The molecule has 2 aromatic heterocycles. The number of aryl methyl sites for hydroxylation is 2. The number of rotatable bonds is 6. The summed E-state index contributed by atoms with van der Waals surface area (Å²) in [7, 11) is 1.63. The molecule has 0 bridgehead atoms. The Morgan fingerprint density at radius 1 is 1.14 bits per heavy atom. The Labute approximate surface area is 177 Å². The van der Waals surface area contributed by atoms with E-state index in [1.54, 1.807) is 18.9 Å². The van der Waals surface area contributed by atoms with Gasteiger partial charge in [0, 0.05) is 17.6 Å². The molecule has 0 spiro atoms. The Morgan fingerprint density at radius 2 is 2.00 bits per heavy atom. The van der Waals surface area contributed by atoms with E-state index in [0.29, 0.717) is 17.3 Å². The topological polar surface area (TPSA) is 64.1 Å². The van der Waals surface area contributed by atoms with Gasteiger partial charge in [-0.3, -0.25) is 4.79 Å². The number of benzene rings is 2. The smallest absolute Gasteiger partial charge is 0.226 e. The van der Waals surface area contributed by atoms with Crippen LogP contribution in [0, 0.1) is 13.8 Å². The lowest BCUT2D eigenvalue weighted by atomic mass is 10.1. The normalized spacial score (nSPS) is 11.1. The quantitative estimate of drug-likeness (QED) is 0.410. The zero-order valence-electron chi connectivity index (χ0n) is 16.5. The van der Waals surface area contributed by atoms with Gasteiger partial charge in [0.05, 0.1) is 27.9 Å². The van der Waals surface area contributed by atoms with Crippen molar-refractivity contribution in [3.05, 3.63) is 53.6 Å². The first-order valence-corrected chi connectivity index (χ1v) is 11.1. The lowest BCUT2D eigenvalue weighted by Crippen LogP contribution is -2.11. The maximum Gasteiger partial charge on any atom is 0.226 e. The summed E-state index contributed by atoms with van der Waals surface area (Å²) in [4.78, 5) is 21.6. The lowest BCUT2D eigenvalue weighted by Gasteiger charge is -2.08. The van der Waals surface area contributed by atoms with Crippen molar-refractivity contribution in [1.82, 2.24) is 9.97 Å². The minimum absolute atomic E-state index is 0.0442. The van der Waals surface area contributed by atoms with E-state index in [2.05, 4.69) is 48.4 Å². The van der Waals surface area contributed by atoms with Gasteiger partial charge in [0.1, 0.15) is 5.75 Å². The molecule has 0 aliphatic heterocycles. The van der Waals surface area contributed by atoms with Gasteiger partial charge in [-0.05, 0) is 49.2 Å². The second kappa shape index (κ2) is 8.39. The fraction of sp³-hybridized carbons (Fsp3) is 0.227. The molecule has 0 saturated carbocycles. The van der Waals surface area contributed by atoms with E-state index in [9.17, 15) is 4.79 Å². The van der Waals surface area contributed by atoms with Crippen LogP contribution >= 0.6 is 23.1 Å². The van der Waals surface area contributed by atoms with E-state index in [-0.39, 0.29) is 5.91 Å². The minimum Gasteiger partial charge on any atom is -0.497 e. The van der Waals surface area contributed by atoms with Gasteiger partial charge >= 0.3 is 0 Å². The first-order chi connectivity index (χ1) is 14.0. The number of amides is 1. The van der Waals surface area contributed by atoms with E-state index in [4.69, 9.17) is 9.72 Å². The van der Waals surface area contributed by atoms with Crippen LogP contribution in [0.15, 0.2) is 47.5 Å². The Balaban J connectivity index is 1.38. The number of pyridine rings is 1. The number of carbonyl (C=O) groups is 1. The van der Waals surface area contributed by atoms with Crippen LogP contribution in [-0.2, 0) is 4.79 Å². The van der Waals surface area contributed by atoms with Gasteiger partial charge in [-0.1, -0.05) is 29.5 Å². The van der Waals surface area contributed by atoms with E-state index in [1.807, 2.05) is 18.2 Å². The molecule has 2 heterocycles. The fourth-order valence-electron chi connectivity index (χ4n) is 3.12. The molecule has 7 heteroatoms. The van der Waals surface area contributed by atoms with Gasteiger partial charge in [0.2, 0.25) is 5.91 Å². The third kappa shape index (κ3) is 4.36. The van der Waals surface area contributed by atoms with Gasteiger partial charge in [-0.2, -0.15) is 0 Å². The SMILES string of the molecule is COc1ccc2nc(NC(=O)CCSc3cc(C)c4cccc(C)c4n3)sc2c1. The highest BCUT2D eigenvalue weighted by atomic mass is 32.2. The molecular weight excluding hydrogens is 402 g/mol. The van der Waals surface area contributed by atoms with Gasteiger partial charge < -0.3 is 10.1 Å². The molecule has 5 nitrogen and oxygen atoms in total. The number of thioether (sulfide) groups is 1. The number of fused-ring (bicyclic) bond motifs is 2. The number of thiazole rings is 1. The number of carbonyl (C=O) groups excluding carboxylic acids is 1. The zero-order chi connectivity index (χ0) is 20.4. The second-order valence-electron chi connectivity index (χ2n) is 6.75. The monoisotopic (exact) mass is 423 g/mol. The van der Waals surface area contributed by atoms with Crippen LogP contribution in [0.25, 0.3) is 21.1 Å². The molecule has 0 aliphatic rings. The van der Waals surface area contributed by atoms with Crippen molar-refractivity contribution in [2.45, 2.75) is 25.3 Å². The van der Waals surface area contributed by atoms with Crippen molar-refractivity contribution >= 4 is 55.3 Å². The van der Waals surface area contributed by atoms with Gasteiger partial charge in [-0.25, -0.2) is 9.97 Å². The molecule has 0 radical (unpaired) electrons. The maximum absolute atomic E-state index is 12.3. The van der Waals surface area contributed by atoms with Crippen molar-refractivity contribution in [3.8, 4) is 5.75 Å². The van der Waals surface area contributed by atoms with Gasteiger partial charge in [0.15, 0.2) is 5.13 Å². The number of anilines is 1. The number of para-hydroxylation sites is 1. The molecule has 4 rings (SSSR count). The molecule has 1 amide bonds. The Kier molecular flexibility index (Phi) is 5.69. The highest BCUT2D eigenvalue weighted by Gasteiger charge is 2.10. The largest absolute Gasteiger partial charge is 0.497 e. The number of methoxy groups -OCH3 is 1. The van der Waals surface area contributed by atoms with Gasteiger partial charge in [-0.15, -0.1) is 11.8 Å². The summed E-state index contributed by atoms with van der Waals surface area (Å²) in [5, 5.41) is 5.64. The number of aromatic nitrogens is 2.